The molecule has 2 heterocycles. The van der Waals surface area contributed by atoms with Crippen LogP contribution in [0.15, 0.2) is 24.3 Å². The second-order valence-electron chi connectivity index (χ2n) is 4.93. The van der Waals surface area contributed by atoms with Crippen molar-refractivity contribution in [1.82, 2.24) is 0 Å². The van der Waals surface area contributed by atoms with E-state index in [1.54, 1.807) is 0 Å². The van der Waals surface area contributed by atoms with E-state index in [0.29, 0.717) is 18.2 Å². The van der Waals surface area contributed by atoms with Gasteiger partial charge in [-0.25, -0.2) is 0 Å². The molecule has 16 heavy (non-hydrogen) atoms. The number of benzene rings is 1. The first-order valence-corrected chi connectivity index (χ1v) is 6.14. The monoisotopic (exact) mass is 215 g/mol. The second kappa shape index (κ2) is 3.62. The molecule has 0 aliphatic carbocycles. The van der Waals surface area contributed by atoms with Crippen LogP contribution in [0.2, 0.25) is 0 Å². The van der Waals surface area contributed by atoms with Crippen LogP contribution >= 0.6 is 0 Å². The average Bonchev–Trinajstić information content (AvgIpc) is 2.33. The summed E-state index contributed by atoms with van der Waals surface area (Å²) in [5.41, 5.74) is 2.80. The quantitative estimate of drug-likeness (QED) is 0.662. The van der Waals surface area contributed by atoms with E-state index >= 15 is 0 Å². The number of carbonyl (C=O) groups excluding carboxylic acids is 1. The van der Waals surface area contributed by atoms with Crippen molar-refractivity contribution in [1.29, 1.82) is 0 Å². The van der Waals surface area contributed by atoms with Crippen molar-refractivity contribution in [2.24, 2.45) is 5.92 Å². The molecule has 1 aromatic carbocycles. The van der Waals surface area contributed by atoms with Gasteiger partial charge in [-0.3, -0.25) is 4.79 Å². The highest BCUT2D eigenvalue weighted by atomic mass is 16.1. The summed E-state index contributed by atoms with van der Waals surface area (Å²) in [6.07, 6.45) is 2.96. The van der Waals surface area contributed by atoms with Gasteiger partial charge >= 0.3 is 0 Å². The summed E-state index contributed by atoms with van der Waals surface area (Å²) in [6.45, 7) is 3.00. The van der Waals surface area contributed by atoms with E-state index in [4.69, 9.17) is 0 Å². The van der Waals surface area contributed by atoms with E-state index in [9.17, 15) is 4.79 Å². The summed E-state index contributed by atoms with van der Waals surface area (Å²) >= 11 is 0. The van der Waals surface area contributed by atoms with Crippen molar-refractivity contribution in [2.75, 3.05) is 11.4 Å². The van der Waals surface area contributed by atoms with Crippen LogP contribution in [-0.2, 0) is 11.2 Å². The van der Waals surface area contributed by atoms with Gasteiger partial charge < -0.3 is 4.90 Å². The zero-order valence-corrected chi connectivity index (χ0v) is 9.65. The smallest absolute Gasteiger partial charge is 0.139 e. The summed E-state index contributed by atoms with van der Waals surface area (Å²) in [7, 11) is 0. The molecule has 0 aromatic heterocycles. The van der Waals surface area contributed by atoms with Gasteiger partial charge in [0.15, 0.2) is 0 Å². The topological polar surface area (TPSA) is 20.3 Å². The minimum Gasteiger partial charge on any atom is -0.367 e. The molecule has 0 bridgehead atoms. The van der Waals surface area contributed by atoms with Crippen LogP contribution in [0.4, 0.5) is 5.69 Å². The van der Waals surface area contributed by atoms with Crippen LogP contribution in [0, 0.1) is 5.92 Å². The average molecular weight is 215 g/mol. The number of nitrogens with zero attached hydrogens (tertiary/aromatic N) is 1. The number of anilines is 1. The Morgan fingerprint density at radius 1 is 1.25 bits per heavy atom. The first-order valence-electron chi connectivity index (χ1n) is 6.14. The van der Waals surface area contributed by atoms with Crippen LogP contribution in [0.5, 0.6) is 0 Å². The van der Waals surface area contributed by atoms with Crippen LogP contribution in [0.1, 0.15) is 25.3 Å². The Balaban J connectivity index is 1.99. The van der Waals surface area contributed by atoms with E-state index < -0.39 is 0 Å². The number of ketones is 1. The molecule has 0 radical (unpaired) electrons. The molecule has 2 nitrogen and oxygen atoms in total. The highest BCUT2D eigenvalue weighted by molar-refractivity contribution is 5.84. The van der Waals surface area contributed by atoms with Crippen LogP contribution in [-0.4, -0.2) is 18.4 Å². The van der Waals surface area contributed by atoms with Gasteiger partial charge in [0, 0.05) is 30.6 Å². The van der Waals surface area contributed by atoms with Gasteiger partial charge in [-0.2, -0.15) is 0 Å². The van der Waals surface area contributed by atoms with Gasteiger partial charge in [0.25, 0.3) is 0 Å². The molecule has 1 fully saturated rings. The molecule has 2 aliphatic heterocycles. The first-order chi connectivity index (χ1) is 7.77. The lowest BCUT2D eigenvalue weighted by Gasteiger charge is -2.44. The fourth-order valence-corrected chi connectivity index (χ4v) is 3.12. The van der Waals surface area contributed by atoms with Gasteiger partial charge in [-0.15, -0.1) is 0 Å². The van der Waals surface area contributed by atoms with E-state index in [2.05, 4.69) is 36.1 Å². The summed E-state index contributed by atoms with van der Waals surface area (Å²) in [5.74, 6) is 0.655. The Morgan fingerprint density at radius 3 is 2.94 bits per heavy atom. The second-order valence-corrected chi connectivity index (χ2v) is 4.93. The molecule has 2 heteroatoms. The fraction of sp³-hybridized carbons (Fsp3) is 0.500. The maximum Gasteiger partial charge on any atom is 0.139 e. The predicted molar refractivity (Wildman–Crippen MR) is 64.7 cm³/mol. The minimum atomic E-state index is 0.210. The summed E-state index contributed by atoms with van der Waals surface area (Å²) in [6, 6.07) is 9.06. The van der Waals surface area contributed by atoms with Crippen molar-refractivity contribution >= 4 is 11.5 Å². The molecule has 0 saturated carbocycles. The normalized spacial score (nSPS) is 28.6. The van der Waals surface area contributed by atoms with Crippen LogP contribution in [0.25, 0.3) is 0 Å². The van der Waals surface area contributed by atoms with Crippen molar-refractivity contribution in [3.05, 3.63) is 29.8 Å². The molecule has 3 rings (SSSR count). The van der Waals surface area contributed by atoms with Gasteiger partial charge in [0.2, 0.25) is 0 Å². The van der Waals surface area contributed by atoms with E-state index in [0.717, 1.165) is 19.4 Å². The third-order valence-electron chi connectivity index (χ3n) is 4.09. The number of piperidine rings is 1. The van der Waals surface area contributed by atoms with Crippen molar-refractivity contribution in [3.8, 4) is 0 Å². The molecule has 0 unspecified atom stereocenters. The van der Waals surface area contributed by atoms with Gasteiger partial charge in [-0.1, -0.05) is 25.1 Å². The van der Waals surface area contributed by atoms with E-state index in [1.165, 1.54) is 11.3 Å². The van der Waals surface area contributed by atoms with Crippen molar-refractivity contribution < 1.29 is 4.79 Å². The molecule has 2 aliphatic rings. The zero-order valence-electron chi connectivity index (χ0n) is 9.65. The molecule has 0 spiro atoms. The fourth-order valence-electron chi connectivity index (χ4n) is 3.12. The number of hydrogen-bond donors (Lipinski definition) is 0. The highest BCUT2D eigenvalue weighted by Crippen LogP contribution is 2.36. The Kier molecular flexibility index (Phi) is 2.23. The molecule has 0 N–H and O–H groups in total. The van der Waals surface area contributed by atoms with Gasteiger partial charge in [0.1, 0.15) is 5.78 Å². The van der Waals surface area contributed by atoms with Crippen molar-refractivity contribution in [3.63, 3.8) is 0 Å². The standard InChI is InChI=1S/C14H17NO/c1-10-12-7-6-11-4-2-3-5-13(11)15(12)9-8-14(10)16/h2-5,10,12H,6-9H2,1H3/t10-,12-/m1/s1. The molecular formula is C14H17NO. The number of hydrogen-bond acceptors (Lipinski definition) is 2. The maximum absolute atomic E-state index is 11.7. The maximum atomic E-state index is 11.7. The number of aryl methyl sites for hydroxylation is 1. The van der Waals surface area contributed by atoms with Gasteiger partial charge in [0.05, 0.1) is 0 Å². The number of fused-ring (bicyclic) bond motifs is 3. The molecule has 1 saturated heterocycles. The van der Waals surface area contributed by atoms with Gasteiger partial charge in [-0.05, 0) is 24.5 Å². The molecule has 2 atom stereocenters. The molecule has 84 valence electrons. The zero-order chi connectivity index (χ0) is 11.1. The lowest BCUT2D eigenvalue weighted by atomic mass is 9.82. The SMILES string of the molecule is C[C@H]1C(=O)CCN2c3ccccc3CC[C@H]12. The third-order valence-corrected chi connectivity index (χ3v) is 4.09. The van der Waals surface area contributed by atoms with Crippen LogP contribution in [0.3, 0.4) is 0 Å². The highest BCUT2D eigenvalue weighted by Gasteiger charge is 2.36. The lowest BCUT2D eigenvalue weighted by molar-refractivity contribution is -0.124. The summed E-state index contributed by atoms with van der Waals surface area (Å²) < 4.78 is 0. The Hall–Kier alpha value is -1.31. The Bertz CT molecular complexity index is 426. The largest absolute Gasteiger partial charge is 0.367 e. The minimum absolute atomic E-state index is 0.210. The predicted octanol–water partition coefficient (Wildman–Crippen LogP) is 2.42. The van der Waals surface area contributed by atoms with Crippen LogP contribution < -0.4 is 4.90 Å². The number of para-hydroxylation sites is 1. The Morgan fingerprint density at radius 2 is 2.06 bits per heavy atom. The number of Topliss-reactive ketones (excluding diaryl/α,β-unsaturated/α-hetero) is 1. The number of carbonyl (C=O) groups is 1. The first kappa shape index (κ1) is 9.88. The molecule has 1 aromatic rings. The summed E-state index contributed by atoms with van der Waals surface area (Å²) in [4.78, 5) is 14.2. The Labute approximate surface area is 96.3 Å². The van der Waals surface area contributed by atoms with Crippen molar-refractivity contribution in [2.45, 2.75) is 32.2 Å². The van der Waals surface area contributed by atoms with E-state index in [1.807, 2.05) is 0 Å². The molecular weight excluding hydrogens is 198 g/mol. The summed E-state index contributed by atoms with van der Waals surface area (Å²) in [5, 5.41) is 0. The molecule has 0 amide bonds. The van der Waals surface area contributed by atoms with E-state index in [-0.39, 0.29) is 5.92 Å². The number of rotatable bonds is 0. The lowest BCUT2D eigenvalue weighted by Crippen LogP contribution is -2.50. The third kappa shape index (κ3) is 1.36.